The van der Waals surface area contributed by atoms with Crippen LogP contribution in [0.15, 0.2) is 30.6 Å². The average molecular weight is 324 g/mol. The van der Waals surface area contributed by atoms with E-state index in [2.05, 4.69) is 26.1 Å². The molecule has 0 atom stereocenters. The SMILES string of the molecule is CCc1cc(C#N)ccc1CNC(=O)c1cc(C(=O)OC)ncn1. The Labute approximate surface area is 139 Å². The Hall–Kier alpha value is -3.27. The predicted octanol–water partition coefficient (Wildman–Crippen LogP) is 1.63. The zero-order valence-electron chi connectivity index (χ0n) is 13.4. The first-order chi connectivity index (χ1) is 11.6. The Kier molecular flexibility index (Phi) is 5.58. The quantitative estimate of drug-likeness (QED) is 0.838. The van der Waals surface area contributed by atoms with E-state index in [4.69, 9.17) is 5.26 Å². The summed E-state index contributed by atoms with van der Waals surface area (Å²) in [5, 5.41) is 11.7. The summed E-state index contributed by atoms with van der Waals surface area (Å²) in [6, 6.07) is 8.71. The lowest BCUT2D eigenvalue weighted by atomic mass is 10.0. The fourth-order valence-corrected chi connectivity index (χ4v) is 2.16. The number of esters is 1. The molecule has 7 nitrogen and oxygen atoms in total. The molecule has 0 aliphatic carbocycles. The van der Waals surface area contributed by atoms with E-state index in [0.29, 0.717) is 12.1 Å². The van der Waals surface area contributed by atoms with E-state index in [-0.39, 0.29) is 11.4 Å². The molecule has 1 N–H and O–H groups in total. The number of aromatic nitrogens is 2. The Morgan fingerprint density at radius 3 is 2.62 bits per heavy atom. The summed E-state index contributed by atoms with van der Waals surface area (Å²) in [7, 11) is 1.24. The highest BCUT2D eigenvalue weighted by Gasteiger charge is 2.13. The molecule has 1 aromatic heterocycles. The Morgan fingerprint density at radius 2 is 1.96 bits per heavy atom. The highest BCUT2D eigenvalue weighted by Crippen LogP contribution is 2.13. The average Bonchev–Trinajstić information content (AvgIpc) is 2.65. The molecule has 0 saturated heterocycles. The van der Waals surface area contributed by atoms with Gasteiger partial charge in [0.1, 0.15) is 12.0 Å². The first-order valence-electron chi connectivity index (χ1n) is 7.29. The highest BCUT2D eigenvalue weighted by atomic mass is 16.5. The van der Waals surface area contributed by atoms with E-state index < -0.39 is 11.9 Å². The van der Waals surface area contributed by atoms with Crippen molar-refractivity contribution in [2.45, 2.75) is 19.9 Å². The lowest BCUT2D eigenvalue weighted by Gasteiger charge is -2.10. The molecular weight excluding hydrogens is 308 g/mol. The zero-order chi connectivity index (χ0) is 17.5. The number of nitrogens with one attached hydrogen (secondary N) is 1. The van der Waals surface area contributed by atoms with Gasteiger partial charge in [0.05, 0.1) is 18.7 Å². The van der Waals surface area contributed by atoms with Crippen molar-refractivity contribution in [3.05, 3.63) is 58.7 Å². The maximum Gasteiger partial charge on any atom is 0.356 e. The summed E-state index contributed by atoms with van der Waals surface area (Å²) in [4.78, 5) is 31.3. The van der Waals surface area contributed by atoms with Crippen LogP contribution in [0.2, 0.25) is 0 Å². The smallest absolute Gasteiger partial charge is 0.356 e. The molecular formula is C17H16N4O3. The van der Waals surface area contributed by atoms with E-state index in [9.17, 15) is 9.59 Å². The number of ether oxygens (including phenoxy) is 1. The van der Waals surface area contributed by atoms with Gasteiger partial charge in [-0.15, -0.1) is 0 Å². The van der Waals surface area contributed by atoms with Gasteiger partial charge in [0.15, 0.2) is 5.69 Å². The van der Waals surface area contributed by atoms with Crippen LogP contribution in [-0.2, 0) is 17.7 Å². The Morgan fingerprint density at radius 1 is 1.21 bits per heavy atom. The van der Waals surface area contributed by atoms with Gasteiger partial charge in [0.25, 0.3) is 5.91 Å². The van der Waals surface area contributed by atoms with Crippen LogP contribution in [0.3, 0.4) is 0 Å². The van der Waals surface area contributed by atoms with Crippen molar-refractivity contribution in [3.63, 3.8) is 0 Å². The minimum atomic E-state index is -0.633. The van der Waals surface area contributed by atoms with Crippen LogP contribution in [0.4, 0.5) is 0 Å². The number of nitrogens with zero attached hydrogens (tertiary/aromatic N) is 3. The standard InChI is InChI=1S/C17H16N4O3/c1-3-12-6-11(8-18)4-5-13(12)9-19-16(22)14-7-15(17(23)24-2)21-10-20-14/h4-7,10H,3,9H2,1-2H3,(H,19,22). The van der Waals surface area contributed by atoms with Gasteiger partial charge in [-0.1, -0.05) is 13.0 Å². The Balaban J connectivity index is 2.11. The Bertz CT molecular complexity index is 812. The molecule has 24 heavy (non-hydrogen) atoms. The van der Waals surface area contributed by atoms with Crippen molar-refractivity contribution in [2.24, 2.45) is 0 Å². The number of methoxy groups -OCH3 is 1. The van der Waals surface area contributed by atoms with E-state index in [1.165, 1.54) is 13.2 Å². The van der Waals surface area contributed by atoms with Crippen molar-refractivity contribution in [1.29, 1.82) is 5.26 Å². The first-order valence-corrected chi connectivity index (χ1v) is 7.29. The lowest BCUT2D eigenvalue weighted by molar-refractivity contribution is 0.0593. The van der Waals surface area contributed by atoms with Crippen LogP contribution in [0, 0.1) is 11.3 Å². The van der Waals surface area contributed by atoms with Crippen molar-refractivity contribution < 1.29 is 14.3 Å². The number of nitriles is 1. The molecule has 0 radical (unpaired) electrons. The number of rotatable bonds is 5. The molecule has 2 rings (SSSR count). The fourth-order valence-electron chi connectivity index (χ4n) is 2.16. The van der Waals surface area contributed by atoms with Crippen LogP contribution >= 0.6 is 0 Å². The van der Waals surface area contributed by atoms with Gasteiger partial charge >= 0.3 is 5.97 Å². The maximum atomic E-state index is 12.2. The highest BCUT2D eigenvalue weighted by molar-refractivity contribution is 5.95. The van der Waals surface area contributed by atoms with E-state index in [1.54, 1.807) is 6.07 Å². The molecule has 1 amide bonds. The van der Waals surface area contributed by atoms with Crippen molar-refractivity contribution in [3.8, 4) is 6.07 Å². The minimum Gasteiger partial charge on any atom is -0.464 e. The van der Waals surface area contributed by atoms with Gasteiger partial charge in [-0.25, -0.2) is 14.8 Å². The maximum absolute atomic E-state index is 12.2. The van der Waals surface area contributed by atoms with Crippen LogP contribution in [0.1, 0.15) is 44.6 Å². The number of hydrogen-bond acceptors (Lipinski definition) is 6. The van der Waals surface area contributed by atoms with E-state index in [1.807, 2.05) is 19.1 Å². The van der Waals surface area contributed by atoms with Gasteiger partial charge in [-0.3, -0.25) is 4.79 Å². The van der Waals surface area contributed by atoms with E-state index >= 15 is 0 Å². The monoisotopic (exact) mass is 324 g/mol. The molecule has 0 fully saturated rings. The summed E-state index contributed by atoms with van der Waals surface area (Å²) >= 11 is 0. The van der Waals surface area contributed by atoms with Gasteiger partial charge in [-0.2, -0.15) is 5.26 Å². The molecule has 2 aromatic rings. The molecule has 0 aliphatic rings. The number of aryl methyl sites for hydroxylation is 1. The fraction of sp³-hybridized carbons (Fsp3) is 0.235. The zero-order valence-corrected chi connectivity index (χ0v) is 13.4. The number of hydrogen-bond donors (Lipinski definition) is 1. The first kappa shape index (κ1) is 17.1. The van der Waals surface area contributed by atoms with Crippen molar-refractivity contribution >= 4 is 11.9 Å². The second-order valence-electron chi connectivity index (χ2n) is 4.91. The summed E-state index contributed by atoms with van der Waals surface area (Å²) in [6.45, 7) is 2.28. The lowest BCUT2D eigenvalue weighted by Crippen LogP contribution is -2.25. The molecule has 7 heteroatoms. The number of carbonyl (C=O) groups excluding carboxylic acids is 2. The molecule has 0 saturated carbocycles. The minimum absolute atomic E-state index is 0.0188. The summed E-state index contributed by atoms with van der Waals surface area (Å²) in [5.41, 5.74) is 2.60. The summed E-state index contributed by atoms with van der Waals surface area (Å²) in [5.74, 6) is -1.05. The number of benzene rings is 1. The van der Waals surface area contributed by atoms with Crippen molar-refractivity contribution in [1.82, 2.24) is 15.3 Å². The topological polar surface area (TPSA) is 105 Å². The van der Waals surface area contributed by atoms with Gasteiger partial charge in [-0.05, 0) is 29.7 Å². The predicted molar refractivity (Wildman–Crippen MR) is 85.1 cm³/mol. The molecule has 0 bridgehead atoms. The molecule has 122 valence electrons. The second-order valence-corrected chi connectivity index (χ2v) is 4.91. The third-order valence-corrected chi connectivity index (χ3v) is 3.45. The number of amides is 1. The largest absolute Gasteiger partial charge is 0.464 e. The molecule has 0 aliphatic heterocycles. The van der Waals surface area contributed by atoms with Crippen LogP contribution in [-0.4, -0.2) is 29.0 Å². The summed E-state index contributed by atoms with van der Waals surface area (Å²) in [6.07, 6.45) is 1.89. The third kappa shape index (κ3) is 3.93. The van der Waals surface area contributed by atoms with E-state index in [0.717, 1.165) is 23.9 Å². The molecule has 1 heterocycles. The van der Waals surface area contributed by atoms with Crippen LogP contribution < -0.4 is 5.32 Å². The number of carbonyl (C=O) groups is 2. The van der Waals surface area contributed by atoms with Gasteiger partial charge in [0.2, 0.25) is 0 Å². The molecule has 0 unspecified atom stereocenters. The molecule has 1 aromatic carbocycles. The van der Waals surface area contributed by atoms with Gasteiger partial charge < -0.3 is 10.1 Å². The van der Waals surface area contributed by atoms with Gasteiger partial charge in [0, 0.05) is 12.6 Å². The normalized spacial score (nSPS) is 9.88. The molecule has 0 spiro atoms. The van der Waals surface area contributed by atoms with Crippen LogP contribution in [0.25, 0.3) is 0 Å². The second kappa shape index (κ2) is 7.83. The third-order valence-electron chi connectivity index (χ3n) is 3.45. The van der Waals surface area contributed by atoms with Crippen LogP contribution in [0.5, 0.6) is 0 Å². The summed E-state index contributed by atoms with van der Waals surface area (Å²) < 4.78 is 4.57. The van der Waals surface area contributed by atoms with Crippen molar-refractivity contribution in [2.75, 3.05) is 7.11 Å².